The Morgan fingerprint density at radius 3 is 2.47 bits per heavy atom. The summed E-state index contributed by atoms with van der Waals surface area (Å²) >= 11 is 0. The highest BCUT2D eigenvalue weighted by Gasteiger charge is 2.24. The molecule has 1 fully saturated rings. The number of likely N-dealkylation sites (tertiary alicyclic amines) is 1. The largest absolute Gasteiger partial charge is 0.301 e. The quantitative estimate of drug-likeness (QED) is 0.562. The molecule has 5 heteroatoms. The van der Waals surface area contributed by atoms with Gasteiger partial charge in [-0.05, 0) is 74.5 Å². The Balaban J connectivity index is 1.75. The highest BCUT2D eigenvalue weighted by atomic mass is 16.1. The van der Waals surface area contributed by atoms with Gasteiger partial charge in [-0.15, -0.1) is 0 Å². The molecule has 1 aliphatic rings. The normalized spacial score (nSPS) is 17.2. The summed E-state index contributed by atoms with van der Waals surface area (Å²) in [5, 5.41) is 9.71. The summed E-state index contributed by atoms with van der Waals surface area (Å²) in [6.45, 7) is 11.6. The minimum atomic E-state index is 0.0517. The number of piperidine rings is 1. The monoisotopic (exact) mass is 428 g/mol. The van der Waals surface area contributed by atoms with Crippen molar-refractivity contribution in [3.8, 4) is 17.2 Å². The first kappa shape index (κ1) is 22.2. The maximum atomic E-state index is 13.7. The van der Waals surface area contributed by atoms with E-state index in [1.165, 1.54) is 6.42 Å². The van der Waals surface area contributed by atoms with Crippen molar-refractivity contribution in [2.75, 3.05) is 13.1 Å². The fourth-order valence-corrected chi connectivity index (χ4v) is 4.75. The number of hydrogen-bond donors (Lipinski definition) is 0. The zero-order valence-electron chi connectivity index (χ0n) is 19.5. The molecule has 0 saturated carbocycles. The van der Waals surface area contributed by atoms with E-state index in [1.54, 1.807) is 0 Å². The molecule has 1 atom stereocenters. The minimum Gasteiger partial charge on any atom is -0.301 e. The Labute approximate surface area is 190 Å². The van der Waals surface area contributed by atoms with Crippen LogP contribution in [0.5, 0.6) is 0 Å². The number of benzene rings is 2. The standard InChI is InChI=1S/C27H32N4O/c1-18(2)26-29-25-12-11-23(22-9-7-20(15-28)8-10-22)14-24(25)27(32)31(26)17-21-6-5-13-30(16-21)19(3)4/h7-12,14,18-19,21H,5-6,13,16-17H2,1-4H3/t21-/m0/s1. The molecule has 4 rings (SSSR count). The second-order valence-electron chi connectivity index (χ2n) is 9.56. The van der Waals surface area contributed by atoms with E-state index in [1.807, 2.05) is 47.0 Å². The predicted octanol–water partition coefficient (Wildman–Crippen LogP) is 5.18. The van der Waals surface area contributed by atoms with E-state index in [2.05, 4.69) is 38.7 Å². The van der Waals surface area contributed by atoms with Crippen molar-refractivity contribution in [2.45, 2.75) is 59.0 Å². The first-order chi connectivity index (χ1) is 15.4. The lowest BCUT2D eigenvalue weighted by atomic mass is 9.96. The summed E-state index contributed by atoms with van der Waals surface area (Å²) in [4.78, 5) is 21.1. The molecule has 0 N–H and O–H groups in total. The lowest BCUT2D eigenvalue weighted by Crippen LogP contribution is -2.42. The molecule has 1 aromatic heterocycles. The maximum Gasteiger partial charge on any atom is 0.261 e. The van der Waals surface area contributed by atoms with Crippen LogP contribution in [-0.4, -0.2) is 33.6 Å². The van der Waals surface area contributed by atoms with Crippen molar-refractivity contribution in [1.29, 1.82) is 5.26 Å². The third kappa shape index (κ3) is 4.47. The van der Waals surface area contributed by atoms with Crippen LogP contribution < -0.4 is 5.56 Å². The van der Waals surface area contributed by atoms with E-state index in [-0.39, 0.29) is 11.5 Å². The van der Waals surface area contributed by atoms with E-state index in [4.69, 9.17) is 10.2 Å². The van der Waals surface area contributed by atoms with Gasteiger partial charge in [-0.3, -0.25) is 9.36 Å². The molecular weight excluding hydrogens is 396 g/mol. The SMILES string of the molecule is CC(C)c1nc2ccc(-c3ccc(C#N)cc3)cc2c(=O)n1C[C@H]1CCCN(C(C)C)C1. The van der Waals surface area contributed by atoms with Crippen LogP contribution in [0, 0.1) is 17.2 Å². The molecule has 0 aliphatic carbocycles. The Morgan fingerprint density at radius 1 is 1.09 bits per heavy atom. The molecule has 0 spiro atoms. The van der Waals surface area contributed by atoms with Crippen LogP contribution in [0.4, 0.5) is 0 Å². The molecule has 1 saturated heterocycles. The van der Waals surface area contributed by atoms with E-state index < -0.39 is 0 Å². The van der Waals surface area contributed by atoms with Crippen molar-refractivity contribution in [3.05, 3.63) is 64.2 Å². The van der Waals surface area contributed by atoms with Crippen LogP contribution in [0.1, 0.15) is 57.8 Å². The summed E-state index contributed by atoms with van der Waals surface area (Å²) in [6.07, 6.45) is 2.33. The fraction of sp³-hybridized carbons (Fsp3) is 0.444. The average molecular weight is 429 g/mol. The van der Waals surface area contributed by atoms with Crippen molar-refractivity contribution >= 4 is 10.9 Å². The predicted molar refractivity (Wildman–Crippen MR) is 130 cm³/mol. The van der Waals surface area contributed by atoms with Crippen molar-refractivity contribution in [1.82, 2.24) is 14.5 Å². The first-order valence-corrected chi connectivity index (χ1v) is 11.7. The summed E-state index contributed by atoms with van der Waals surface area (Å²) in [5.74, 6) is 1.51. The Kier molecular flexibility index (Phi) is 6.43. The van der Waals surface area contributed by atoms with Gasteiger partial charge in [0.2, 0.25) is 0 Å². The third-order valence-corrected chi connectivity index (χ3v) is 6.57. The zero-order chi connectivity index (χ0) is 22.8. The number of rotatable bonds is 5. The minimum absolute atomic E-state index is 0.0517. The Morgan fingerprint density at radius 2 is 1.81 bits per heavy atom. The van der Waals surface area contributed by atoms with Gasteiger partial charge in [-0.2, -0.15) is 5.26 Å². The molecule has 3 aromatic rings. The van der Waals surface area contributed by atoms with Gasteiger partial charge in [0.05, 0.1) is 22.5 Å². The van der Waals surface area contributed by atoms with Crippen LogP contribution in [0.3, 0.4) is 0 Å². The number of nitriles is 1. The van der Waals surface area contributed by atoms with Crippen LogP contribution in [0.15, 0.2) is 47.3 Å². The summed E-state index contributed by atoms with van der Waals surface area (Å²) in [7, 11) is 0. The molecule has 0 unspecified atom stereocenters. The molecule has 5 nitrogen and oxygen atoms in total. The number of hydrogen-bond acceptors (Lipinski definition) is 4. The van der Waals surface area contributed by atoms with Gasteiger partial charge < -0.3 is 4.90 Å². The molecule has 0 amide bonds. The third-order valence-electron chi connectivity index (χ3n) is 6.57. The Hall–Kier alpha value is -2.97. The van der Waals surface area contributed by atoms with E-state index in [9.17, 15) is 4.79 Å². The van der Waals surface area contributed by atoms with Crippen LogP contribution in [0.2, 0.25) is 0 Å². The summed E-state index contributed by atoms with van der Waals surface area (Å²) < 4.78 is 1.93. The van der Waals surface area contributed by atoms with Crippen molar-refractivity contribution in [2.24, 2.45) is 5.92 Å². The van der Waals surface area contributed by atoms with Crippen LogP contribution >= 0.6 is 0 Å². The van der Waals surface area contributed by atoms with Gasteiger partial charge in [-0.1, -0.05) is 32.0 Å². The van der Waals surface area contributed by atoms with Crippen molar-refractivity contribution < 1.29 is 0 Å². The van der Waals surface area contributed by atoms with Gasteiger partial charge in [0.1, 0.15) is 5.82 Å². The zero-order valence-corrected chi connectivity index (χ0v) is 19.5. The van der Waals surface area contributed by atoms with Gasteiger partial charge >= 0.3 is 0 Å². The molecule has 2 heterocycles. The van der Waals surface area contributed by atoms with Gasteiger partial charge in [0.25, 0.3) is 5.56 Å². The van der Waals surface area contributed by atoms with Crippen LogP contribution in [0.25, 0.3) is 22.0 Å². The number of aromatic nitrogens is 2. The molecule has 0 radical (unpaired) electrons. The maximum absolute atomic E-state index is 13.7. The second-order valence-corrected chi connectivity index (χ2v) is 9.56. The fourth-order valence-electron chi connectivity index (χ4n) is 4.75. The molecule has 166 valence electrons. The molecule has 1 aliphatic heterocycles. The topological polar surface area (TPSA) is 61.9 Å². The number of fused-ring (bicyclic) bond motifs is 1. The van der Waals surface area contributed by atoms with E-state index >= 15 is 0 Å². The molecule has 32 heavy (non-hydrogen) atoms. The van der Waals surface area contributed by atoms with Gasteiger partial charge in [0, 0.05) is 25.0 Å². The molecule has 0 bridgehead atoms. The highest BCUT2D eigenvalue weighted by Crippen LogP contribution is 2.25. The van der Waals surface area contributed by atoms with Gasteiger partial charge in [-0.25, -0.2) is 4.98 Å². The summed E-state index contributed by atoms with van der Waals surface area (Å²) in [6, 6.07) is 16.1. The van der Waals surface area contributed by atoms with Crippen LogP contribution in [-0.2, 0) is 6.54 Å². The highest BCUT2D eigenvalue weighted by molar-refractivity contribution is 5.84. The molecular formula is C27H32N4O. The Bertz CT molecular complexity index is 1200. The average Bonchev–Trinajstić information content (AvgIpc) is 2.80. The summed E-state index contributed by atoms with van der Waals surface area (Å²) in [5.41, 5.74) is 3.39. The second kappa shape index (κ2) is 9.26. The smallest absolute Gasteiger partial charge is 0.261 e. The van der Waals surface area contributed by atoms with Crippen molar-refractivity contribution in [3.63, 3.8) is 0 Å². The van der Waals surface area contributed by atoms with Gasteiger partial charge in [0.15, 0.2) is 0 Å². The molecule has 2 aromatic carbocycles. The number of nitrogens with zero attached hydrogens (tertiary/aromatic N) is 4. The lowest BCUT2D eigenvalue weighted by molar-refractivity contribution is 0.129. The first-order valence-electron chi connectivity index (χ1n) is 11.7. The van der Waals surface area contributed by atoms with E-state index in [0.717, 1.165) is 48.5 Å². The lowest BCUT2D eigenvalue weighted by Gasteiger charge is -2.36. The van der Waals surface area contributed by atoms with E-state index in [0.29, 0.717) is 22.9 Å².